The van der Waals surface area contributed by atoms with Gasteiger partial charge < -0.3 is 10.2 Å². The highest BCUT2D eigenvalue weighted by atomic mass is 32.1. The molecule has 4 aromatic rings. The molecule has 1 aliphatic carbocycles. The van der Waals surface area contributed by atoms with Gasteiger partial charge in [0.2, 0.25) is 5.91 Å². The number of nitrogens with one attached hydrogen (secondary N) is 2. The third-order valence-electron chi connectivity index (χ3n) is 6.26. The molecule has 1 aliphatic rings. The highest BCUT2D eigenvalue weighted by Gasteiger charge is 2.33. The second kappa shape index (κ2) is 8.16. The maximum absolute atomic E-state index is 13.3. The van der Waals surface area contributed by atoms with Gasteiger partial charge in [-0.1, -0.05) is 0 Å². The molecule has 0 saturated carbocycles. The Hall–Kier alpha value is -3.00. The second-order valence-corrected chi connectivity index (χ2v) is 10.2. The smallest absolute Gasteiger partial charge is 0.226 e. The molecule has 0 radical (unpaired) electrons. The van der Waals surface area contributed by atoms with Crippen molar-refractivity contribution in [3.05, 3.63) is 41.2 Å². The topological polar surface area (TPSA) is 86.8 Å². The Balaban J connectivity index is 1.45. The number of rotatable bonds is 5. The summed E-state index contributed by atoms with van der Waals surface area (Å²) in [5, 5.41) is 12.7. The summed E-state index contributed by atoms with van der Waals surface area (Å²) in [4.78, 5) is 26.7. The van der Waals surface area contributed by atoms with Gasteiger partial charge in [-0.15, -0.1) is 11.3 Å². The Labute approximate surface area is 191 Å². The predicted octanol–water partition coefficient (Wildman–Crippen LogP) is 5.06. The van der Waals surface area contributed by atoms with Gasteiger partial charge in [0.1, 0.15) is 17.0 Å². The number of amides is 1. The number of aromatic amines is 1. The van der Waals surface area contributed by atoms with Crippen LogP contribution in [0.4, 0.5) is 11.5 Å². The summed E-state index contributed by atoms with van der Waals surface area (Å²) < 4.78 is 0. The van der Waals surface area contributed by atoms with E-state index in [4.69, 9.17) is 0 Å². The Bertz CT molecular complexity index is 1280. The number of anilines is 2. The summed E-state index contributed by atoms with van der Waals surface area (Å²) in [6, 6.07) is 6.51. The molecule has 32 heavy (non-hydrogen) atoms. The van der Waals surface area contributed by atoms with Crippen LogP contribution in [-0.2, 0) is 17.6 Å². The quantitative estimate of drug-likeness (QED) is 0.446. The summed E-state index contributed by atoms with van der Waals surface area (Å²) in [5.74, 6) is 1.13. The first-order valence-electron chi connectivity index (χ1n) is 11.2. The van der Waals surface area contributed by atoms with Crippen LogP contribution in [0.15, 0.2) is 30.7 Å². The summed E-state index contributed by atoms with van der Waals surface area (Å²) in [6.45, 7) is 8.39. The third kappa shape index (κ3) is 3.62. The molecule has 0 aliphatic heterocycles. The average Bonchev–Trinajstić information content (AvgIpc) is 3.36. The zero-order valence-corrected chi connectivity index (χ0v) is 19.7. The Morgan fingerprint density at radius 3 is 2.81 bits per heavy atom. The van der Waals surface area contributed by atoms with E-state index in [-0.39, 0.29) is 23.9 Å². The van der Waals surface area contributed by atoms with Crippen LogP contribution in [-0.4, -0.2) is 43.1 Å². The molecule has 7 nitrogen and oxygen atoms in total. The number of fused-ring (bicyclic) bond motifs is 4. The number of hydrogen-bond acceptors (Lipinski definition) is 6. The maximum atomic E-state index is 13.3. The maximum Gasteiger partial charge on any atom is 0.226 e. The van der Waals surface area contributed by atoms with Crippen molar-refractivity contribution in [3.8, 4) is 0 Å². The molecule has 5 rings (SSSR count). The number of benzene rings is 1. The lowest BCUT2D eigenvalue weighted by Gasteiger charge is -2.35. The fraction of sp³-hybridized carbons (Fsp3) is 0.417. The van der Waals surface area contributed by atoms with Crippen LogP contribution in [0, 0.1) is 5.92 Å². The van der Waals surface area contributed by atoms with Crippen LogP contribution in [0.25, 0.3) is 21.1 Å². The van der Waals surface area contributed by atoms with Crippen molar-refractivity contribution in [1.29, 1.82) is 0 Å². The number of thiophene rings is 1. The SMILES string of the molecule is CC(C)N(C(=O)[C@H]1CCc2c(sc3ncnc(Nc4ccc5[nH]ncc5c4)c23)C1)C(C)C. The molecular weight excluding hydrogens is 420 g/mol. The Kier molecular flexibility index (Phi) is 5.33. The number of H-pyrrole nitrogens is 1. The second-order valence-electron chi connectivity index (χ2n) is 9.08. The van der Waals surface area contributed by atoms with Crippen molar-refractivity contribution in [2.75, 3.05) is 5.32 Å². The van der Waals surface area contributed by atoms with Gasteiger partial charge in [-0.3, -0.25) is 9.89 Å². The molecule has 0 unspecified atom stereocenters. The van der Waals surface area contributed by atoms with E-state index in [0.29, 0.717) is 0 Å². The van der Waals surface area contributed by atoms with Gasteiger partial charge in [0.15, 0.2) is 0 Å². The highest BCUT2D eigenvalue weighted by molar-refractivity contribution is 7.19. The van der Waals surface area contributed by atoms with Crippen LogP contribution in [0.5, 0.6) is 0 Å². The molecular formula is C24H28N6OS. The van der Waals surface area contributed by atoms with Crippen molar-refractivity contribution in [2.24, 2.45) is 5.92 Å². The van der Waals surface area contributed by atoms with E-state index in [1.807, 2.05) is 23.2 Å². The van der Waals surface area contributed by atoms with Crippen molar-refractivity contribution in [3.63, 3.8) is 0 Å². The first-order chi connectivity index (χ1) is 15.4. The van der Waals surface area contributed by atoms with E-state index in [2.05, 4.69) is 59.2 Å². The van der Waals surface area contributed by atoms with E-state index >= 15 is 0 Å². The minimum Gasteiger partial charge on any atom is -0.340 e. The number of nitrogens with zero attached hydrogens (tertiary/aromatic N) is 4. The lowest BCUT2D eigenvalue weighted by atomic mass is 9.86. The van der Waals surface area contributed by atoms with Crippen molar-refractivity contribution in [1.82, 2.24) is 25.1 Å². The molecule has 1 aromatic carbocycles. The zero-order valence-electron chi connectivity index (χ0n) is 18.8. The first kappa shape index (κ1) is 20.9. The average molecular weight is 449 g/mol. The molecule has 0 bridgehead atoms. The van der Waals surface area contributed by atoms with Gasteiger partial charge >= 0.3 is 0 Å². The monoisotopic (exact) mass is 448 g/mol. The van der Waals surface area contributed by atoms with Gasteiger partial charge in [0, 0.05) is 34.0 Å². The molecule has 0 saturated heterocycles. The predicted molar refractivity (Wildman–Crippen MR) is 129 cm³/mol. The minimum absolute atomic E-state index is 0.0354. The number of aromatic nitrogens is 4. The summed E-state index contributed by atoms with van der Waals surface area (Å²) in [7, 11) is 0. The van der Waals surface area contributed by atoms with Gasteiger partial charge in [0.25, 0.3) is 0 Å². The van der Waals surface area contributed by atoms with Crippen LogP contribution in [0.2, 0.25) is 0 Å². The van der Waals surface area contributed by atoms with E-state index in [1.54, 1.807) is 17.7 Å². The Morgan fingerprint density at radius 2 is 2.03 bits per heavy atom. The van der Waals surface area contributed by atoms with Gasteiger partial charge in [-0.2, -0.15) is 5.10 Å². The molecule has 2 N–H and O–H groups in total. The summed E-state index contributed by atoms with van der Waals surface area (Å²) in [5.41, 5.74) is 3.26. The number of aryl methyl sites for hydroxylation is 1. The number of carbonyl (C=O) groups is 1. The van der Waals surface area contributed by atoms with E-state index in [1.165, 1.54) is 10.4 Å². The molecule has 1 amide bonds. The van der Waals surface area contributed by atoms with E-state index in [0.717, 1.165) is 51.9 Å². The molecule has 3 heterocycles. The van der Waals surface area contributed by atoms with Crippen LogP contribution in [0.1, 0.15) is 44.6 Å². The third-order valence-corrected chi connectivity index (χ3v) is 7.43. The number of carbonyl (C=O) groups excluding carboxylic acids is 1. The standard InChI is InChI=1S/C24H28N6OS/c1-13(2)30(14(3)4)24(31)15-5-7-18-20(10-15)32-23-21(18)22(25-12-26-23)28-17-6-8-19-16(9-17)11-27-29-19/h6,8-9,11-15H,5,7,10H2,1-4H3,(H,27,29)(H,25,26,28)/t15-/m0/s1. The lowest BCUT2D eigenvalue weighted by molar-refractivity contribution is -0.139. The number of hydrogen-bond donors (Lipinski definition) is 2. The normalized spacial score (nSPS) is 16.1. The molecule has 1 atom stereocenters. The van der Waals surface area contributed by atoms with Crippen LogP contribution in [0.3, 0.4) is 0 Å². The van der Waals surface area contributed by atoms with E-state index in [9.17, 15) is 4.79 Å². The molecule has 8 heteroatoms. The van der Waals surface area contributed by atoms with Crippen molar-refractivity contribution < 1.29 is 4.79 Å². The van der Waals surface area contributed by atoms with Crippen LogP contribution < -0.4 is 5.32 Å². The summed E-state index contributed by atoms with van der Waals surface area (Å²) >= 11 is 1.70. The molecule has 3 aromatic heterocycles. The van der Waals surface area contributed by atoms with Gasteiger partial charge in [-0.05, 0) is 70.7 Å². The fourth-order valence-electron chi connectivity index (χ4n) is 4.89. The zero-order chi connectivity index (χ0) is 22.4. The van der Waals surface area contributed by atoms with E-state index < -0.39 is 0 Å². The summed E-state index contributed by atoms with van der Waals surface area (Å²) in [6.07, 6.45) is 5.95. The highest BCUT2D eigenvalue weighted by Crippen LogP contribution is 2.41. The van der Waals surface area contributed by atoms with Crippen molar-refractivity contribution in [2.45, 2.75) is 59.0 Å². The van der Waals surface area contributed by atoms with Crippen LogP contribution >= 0.6 is 11.3 Å². The first-order valence-corrected chi connectivity index (χ1v) is 12.0. The van der Waals surface area contributed by atoms with Crippen molar-refractivity contribution >= 4 is 49.9 Å². The lowest BCUT2D eigenvalue weighted by Crippen LogP contribution is -2.46. The largest absolute Gasteiger partial charge is 0.340 e. The molecule has 166 valence electrons. The Morgan fingerprint density at radius 1 is 1.22 bits per heavy atom. The molecule has 0 spiro atoms. The minimum atomic E-state index is 0.0354. The fourth-order valence-corrected chi connectivity index (χ4v) is 6.16. The van der Waals surface area contributed by atoms with Gasteiger partial charge in [0.05, 0.1) is 17.1 Å². The van der Waals surface area contributed by atoms with Gasteiger partial charge in [-0.25, -0.2) is 9.97 Å². The molecule has 0 fully saturated rings.